The summed E-state index contributed by atoms with van der Waals surface area (Å²) in [5.74, 6) is 0.267. The molecule has 1 aromatic rings. The molecule has 2 rings (SSSR count). The third-order valence-corrected chi connectivity index (χ3v) is 4.23. The van der Waals surface area contributed by atoms with Crippen LogP contribution >= 0.6 is 0 Å². The first kappa shape index (κ1) is 14.1. The van der Waals surface area contributed by atoms with Gasteiger partial charge in [-0.1, -0.05) is 37.3 Å². The van der Waals surface area contributed by atoms with Crippen molar-refractivity contribution in [3.63, 3.8) is 0 Å². The van der Waals surface area contributed by atoms with Gasteiger partial charge >= 0.3 is 0 Å². The molecule has 1 N–H and O–H groups in total. The number of hydrogen-bond acceptors (Lipinski definition) is 2. The van der Waals surface area contributed by atoms with Crippen molar-refractivity contribution in [2.45, 2.75) is 45.2 Å². The van der Waals surface area contributed by atoms with E-state index in [0.717, 1.165) is 25.1 Å². The molecule has 3 heteroatoms. The maximum absolute atomic E-state index is 12.8. The highest BCUT2D eigenvalue weighted by molar-refractivity contribution is 5.84. The summed E-state index contributed by atoms with van der Waals surface area (Å²) in [6.45, 7) is 8.07. The maximum Gasteiger partial charge on any atom is 0.230 e. The number of rotatable bonds is 3. The maximum atomic E-state index is 12.8. The second-order valence-electron chi connectivity index (χ2n) is 5.39. The second kappa shape index (κ2) is 6.20. The molecule has 1 amide bonds. The van der Waals surface area contributed by atoms with Crippen molar-refractivity contribution in [1.82, 2.24) is 10.2 Å². The average molecular weight is 260 g/mol. The Balaban J connectivity index is 2.17. The Morgan fingerprint density at radius 3 is 2.68 bits per heavy atom. The molecule has 0 saturated carbocycles. The number of amides is 1. The fourth-order valence-electron chi connectivity index (χ4n) is 2.81. The van der Waals surface area contributed by atoms with Crippen molar-refractivity contribution in [3.8, 4) is 0 Å². The summed E-state index contributed by atoms with van der Waals surface area (Å²) in [5.41, 5.74) is 1.13. The van der Waals surface area contributed by atoms with Crippen molar-refractivity contribution in [2.24, 2.45) is 0 Å². The molecule has 0 aromatic heterocycles. The third-order valence-electron chi connectivity index (χ3n) is 4.23. The van der Waals surface area contributed by atoms with E-state index in [2.05, 4.69) is 38.2 Å². The van der Waals surface area contributed by atoms with E-state index in [1.807, 2.05) is 23.1 Å². The minimum Gasteiger partial charge on any atom is -0.337 e. The van der Waals surface area contributed by atoms with Gasteiger partial charge in [0.2, 0.25) is 5.91 Å². The number of piperazine rings is 1. The molecular weight excluding hydrogens is 236 g/mol. The normalized spacial score (nSPS) is 25.1. The van der Waals surface area contributed by atoms with Crippen LogP contribution in [0.3, 0.4) is 0 Å². The molecule has 0 spiro atoms. The number of carbonyl (C=O) groups excluding carboxylic acids is 1. The van der Waals surface area contributed by atoms with Crippen LogP contribution in [0.4, 0.5) is 0 Å². The molecule has 19 heavy (non-hydrogen) atoms. The van der Waals surface area contributed by atoms with Gasteiger partial charge in [-0.3, -0.25) is 4.79 Å². The molecule has 3 atom stereocenters. The van der Waals surface area contributed by atoms with Crippen molar-refractivity contribution in [3.05, 3.63) is 35.9 Å². The summed E-state index contributed by atoms with van der Waals surface area (Å²) in [4.78, 5) is 14.8. The fraction of sp³-hybridized carbons (Fsp3) is 0.562. The predicted octanol–water partition coefficient (Wildman–Crippen LogP) is 2.39. The van der Waals surface area contributed by atoms with Crippen LogP contribution in [0.1, 0.15) is 38.7 Å². The molecule has 0 radical (unpaired) electrons. The lowest BCUT2D eigenvalue weighted by Crippen LogP contribution is -2.58. The van der Waals surface area contributed by atoms with Crippen molar-refractivity contribution < 1.29 is 4.79 Å². The van der Waals surface area contributed by atoms with Crippen LogP contribution in [0, 0.1) is 0 Å². The average Bonchev–Trinajstić information content (AvgIpc) is 2.44. The second-order valence-corrected chi connectivity index (χ2v) is 5.39. The zero-order valence-electron chi connectivity index (χ0n) is 12.1. The van der Waals surface area contributed by atoms with Gasteiger partial charge in [0.15, 0.2) is 0 Å². The Morgan fingerprint density at radius 1 is 1.37 bits per heavy atom. The Kier molecular flexibility index (Phi) is 4.59. The molecule has 0 bridgehead atoms. The predicted molar refractivity (Wildman–Crippen MR) is 78.1 cm³/mol. The molecule has 1 aliphatic heterocycles. The molecule has 1 aliphatic rings. The Labute approximate surface area is 116 Å². The first-order valence-corrected chi connectivity index (χ1v) is 7.24. The summed E-state index contributed by atoms with van der Waals surface area (Å²) in [6, 6.07) is 10.8. The van der Waals surface area contributed by atoms with Crippen molar-refractivity contribution in [2.75, 3.05) is 13.1 Å². The fourth-order valence-corrected chi connectivity index (χ4v) is 2.81. The smallest absolute Gasteiger partial charge is 0.230 e. The molecule has 104 valence electrons. The van der Waals surface area contributed by atoms with E-state index in [0.29, 0.717) is 6.04 Å². The third kappa shape index (κ3) is 2.98. The quantitative estimate of drug-likeness (QED) is 0.905. The monoisotopic (exact) mass is 260 g/mol. The number of nitrogens with zero attached hydrogens (tertiary/aromatic N) is 1. The lowest BCUT2D eigenvalue weighted by Gasteiger charge is -2.40. The molecular formula is C16H24N2O. The van der Waals surface area contributed by atoms with E-state index in [4.69, 9.17) is 0 Å². The van der Waals surface area contributed by atoms with E-state index < -0.39 is 0 Å². The minimum atomic E-state index is -0.00560. The number of carbonyl (C=O) groups is 1. The van der Waals surface area contributed by atoms with E-state index >= 15 is 0 Å². The molecule has 1 saturated heterocycles. The number of benzene rings is 1. The van der Waals surface area contributed by atoms with Crippen LogP contribution in [-0.2, 0) is 4.79 Å². The van der Waals surface area contributed by atoms with Crippen LogP contribution in [0.2, 0.25) is 0 Å². The zero-order chi connectivity index (χ0) is 13.8. The summed E-state index contributed by atoms with van der Waals surface area (Å²) < 4.78 is 0. The van der Waals surface area contributed by atoms with Crippen molar-refractivity contribution >= 4 is 5.91 Å². The Morgan fingerprint density at radius 2 is 2.05 bits per heavy atom. The van der Waals surface area contributed by atoms with Gasteiger partial charge in [0.1, 0.15) is 0 Å². The summed E-state index contributed by atoms with van der Waals surface area (Å²) in [5, 5.41) is 3.42. The summed E-state index contributed by atoms with van der Waals surface area (Å²) >= 11 is 0. The standard InChI is InChI=1S/C16H24N2O/c1-4-15(14-8-6-5-7-9-14)16(19)18-11-10-17-12(2)13(18)3/h5-9,12-13,15,17H,4,10-11H2,1-3H3. The van der Waals surface area contributed by atoms with Crippen molar-refractivity contribution in [1.29, 1.82) is 0 Å². The van der Waals surface area contributed by atoms with Gasteiger partial charge in [-0.05, 0) is 25.8 Å². The number of nitrogens with one attached hydrogen (secondary N) is 1. The highest BCUT2D eigenvalue weighted by atomic mass is 16.2. The highest BCUT2D eigenvalue weighted by Gasteiger charge is 2.32. The van der Waals surface area contributed by atoms with Crippen LogP contribution in [0.15, 0.2) is 30.3 Å². The molecule has 1 fully saturated rings. The molecule has 1 heterocycles. The Hall–Kier alpha value is -1.35. The topological polar surface area (TPSA) is 32.3 Å². The largest absolute Gasteiger partial charge is 0.337 e. The van der Waals surface area contributed by atoms with Crippen LogP contribution in [0.5, 0.6) is 0 Å². The SMILES string of the molecule is CCC(C(=O)N1CCNC(C)C1C)c1ccccc1. The highest BCUT2D eigenvalue weighted by Crippen LogP contribution is 2.24. The first-order valence-electron chi connectivity index (χ1n) is 7.24. The van der Waals surface area contributed by atoms with Crippen LogP contribution in [0.25, 0.3) is 0 Å². The first-order chi connectivity index (χ1) is 9.15. The van der Waals surface area contributed by atoms with Gasteiger partial charge in [0.25, 0.3) is 0 Å². The van der Waals surface area contributed by atoms with E-state index in [9.17, 15) is 4.79 Å². The summed E-state index contributed by atoms with van der Waals surface area (Å²) in [6.07, 6.45) is 0.855. The van der Waals surface area contributed by atoms with E-state index in [1.54, 1.807) is 0 Å². The summed E-state index contributed by atoms with van der Waals surface area (Å²) in [7, 11) is 0. The lowest BCUT2D eigenvalue weighted by molar-refractivity contribution is -0.136. The molecule has 1 aromatic carbocycles. The molecule has 3 nitrogen and oxygen atoms in total. The van der Waals surface area contributed by atoms with E-state index in [1.165, 1.54) is 0 Å². The van der Waals surface area contributed by atoms with Gasteiger partial charge in [0.05, 0.1) is 5.92 Å². The van der Waals surface area contributed by atoms with Gasteiger partial charge in [-0.2, -0.15) is 0 Å². The van der Waals surface area contributed by atoms with E-state index in [-0.39, 0.29) is 17.9 Å². The lowest BCUT2D eigenvalue weighted by atomic mass is 9.93. The molecule has 0 aliphatic carbocycles. The van der Waals surface area contributed by atoms with Crippen LogP contribution in [-0.4, -0.2) is 36.0 Å². The molecule has 3 unspecified atom stereocenters. The van der Waals surface area contributed by atoms with Gasteiger partial charge in [-0.15, -0.1) is 0 Å². The zero-order valence-corrected chi connectivity index (χ0v) is 12.1. The van der Waals surface area contributed by atoms with Gasteiger partial charge in [-0.25, -0.2) is 0 Å². The number of hydrogen-bond donors (Lipinski definition) is 1. The van der Waals surface area contributed by atoms with Gasteiger partial charge < -0.3 is 10.2 Å². The Bertz CT molecular complexity index is 418. The van der Waals surface area contributed by atoms with Gasteiger partial charge in [0, 0.05) is 25.2 Å². The van der Waals surface area contributed by atoms with Crippen LogP contribution < -0.4 is 5.32 Å². The minimum absolute atomic E-state index is 0.00560.